The van der Waals surface area contributed by atoms with Gasteiger partial charge >= 0.3 is 6.09 Å². The highest BCUT2D eigenvalue weighted by atomic mass is 16.6. The molecule has 8 nitrogen and oxygen atoms in total. The van der Waals surface area contributed by atoms with Crippen molar-refractivity contribution in [2.45, 2.75) is 58.1 Å². The summed E-state index contributed by atoms with van der Waals surface area (Å²) >= 11 is 0. The Morgan fingerprint density at radius 2 is 2.08 bits per heavy atom. The van der Waals surface area contributed by atoms with Gasteiger partial charge in [-0.05, 0) is 46.0 Å². The SMILES string of the molecule is CC(C)(C)OC(=O)N1CCC[C@H](CCNC(=O)[C@H]2C[C@@H]2[N+](=O)[O-])C1. The molecule has 2 fully saturated rings. The minimum Gasteiger partial charge on any atom is -0.444 e. The topological polar surface area (TPSA) is 102 Å². The Labute approximate surface area is 142 Å². The summed E-state index contributed by atoms with van der Waals surface area (Å²) < 4.78 is 5.40. The number of ether oxygens (including phenoxy) is 1. The van der Waals surface area contributed by atoms with Crippen LogP contribution < -0.4 is 5.32 Å². The number of piperidine rings is 1. The molecule has 3 atom stereocenters. The van der Waals surface area contributed by atoms with E-state index in [9.17, 15) is 19.7 Å². The molecule has 0 radical (unpaired) electrons. The Bertz CT molecular complexity index is 502. The second-order valence-corrected chi connectivity index (χ2v) is 7.71. The second-order valence-electron chi connectivity index (χ2n) is 7.71. The van der Waals surface area contributed by atoms with E-state index in [2.05, 4.69) is 5.32 Å². The molecule has 1 heterocycles. The summed E-state index contributed by atoms with van der Waals surface area (Å²) in [5.41, 5.74) is -0.504. The standard InChI is InChI=1S/C16H27N3O5/c1-16(2,3)24-15(21)18-8-4-5-11(10-18)6-7-17-14(20)12-9-13(12)19(22)23/h11-13H,4-10H2,1-3H3,(H,17,20)/t11-,12+,13+/m1/s1. The number of rotatable bonds is 5. The predicted molar refractivity (Wildman–Crippen MR) is 87.0 cm³/mol. The monoisotopic (exact) mass is 341 g/mol. The Balaban J connectivity index is 1.69. The molecule has 0 bridgehead atoms. The van der Waals surface area contributed by atoms with Crippen LogP contribution in [0.2, 0.25) is 0 Å². The van der Waals surface area contributed by atoms with Crippen molar-refractivity contribution in [2.75, 3.05) is 19.6 Å². The minimum atomic E-state index is -0.706. The highest BCUT2D eigenvalue weighted by Crippen LogP contribution is 2.33. The molecule has 2 rings (SSSR count). The molecule has 1 aliphatic heterocycles. The molecule has 2 aliphatic rings. The van der Waals surface area contributed by atoms with Gasteiger partial charge in [0, 0.05) is 31.0 Å². The minimum absolute atomic E-state index is 0.225. The molecule has 8 heteroatoms. The lowest BCUT2D eigenvalue weighted by molar-refractivity contribution is -0.497. The van der Waals surface area contributed by atoms with Crippen LogP contribution in [-0.4, -0.2) is 53.1 Å². The number of likely N-dealkylation sites (tertiary alicyclic amines) is 1. The fourth-order valence-corrected chi connectivity index (χ4v) is 3.02. The number of nitro groups is 1. The van der Waals surface area contributed by atoms with Crippen LogP contribution in [0.4, 0.5) is 4.79 Å². The van der Waals surface area contributed by atoms with E-state index in [0.29, 0.717) is 32.0 Å². The van der Waals surface area contributed by atoms with Crippen molar-refractivity contribution in [3.8, 4) is 0 Å². The summed E-state index contributed by atoms with van der Waals surface area (Å²) in [6.07, 6.45) is 2.75. The third kappa shape index (κ3) is 5.35. The molecule has 0 aromatic carbocycles. The number of nitrogens with one attached hydrogen (secondary N) is 1. The van der Waals surface area contributed by atoms with E-state index in [1.807, 2.05) is 20.8 Å². The fourth-order valence-electron chi connectivity index (χ4n) is 3.02. The molecule has 0 aromatic rings. The summed E-state index contributed by atoms with van der Waals surface area (Å²) in [6, 6.07) is -0.706. The first-order valence-corrected chi connectivity index (χ1v) is 8.56. The van der Waals surface area contributed by atoms with Crippen LogP contribution in [0.3, 0.4) is 0 Å². The maximum atomic E-state index is 12.1. The van der Waals surface area contributed by atoms with Gasteiger partial charge < -0.3 is 15.0 Å². The molecule has 1 saturated carbocycles. The average Bonchev–Trinajstić information content (AvgIpc) is 3.26. The normalized spacial score (nSPS) is 26.6. The maximum Gasteiger partial charge on any atom is 0.410 e. The average molecular weight is 341 g/mol. The molecule has 1 saturated heterocycles. The van der Waals surface area contributed by atoms with Gasteiger partial charge in [0.05, 0.1) is 0 Å². The van der Waals surface area contributed by atoms with E-state index in [4.69, 9.17) is 4.74 Å². The van der Waals surface area contributed by atoms with Crippen LogP contribution in [0.25, 0.3) is 0 Å². The first-order chi connectivity index (χ1) is 11.2. The third-order valence-corrected chi connectivity index (χ3v) is 4.39. The Kier molecular flexibility index (Phi) is 5.66. The molecule has 0 spiro atoms. The van der Waals surface area contributed by atoms with Crippen molar-refractivity contribution >= 4 is 12.0 Å². The van der Waals surface area contributed by atoms with E-state index in [0.717, 1.165) is 19.3 Å². The lowest BCUT2D eigenvalue weighted by Crippen LogP contribution is -2.43. The van der Waals surface area contributed by atoms with Gasteiger partial charge in [0.2, 0.25) is 11.9 Å². The Morgan fingerprint density at radius 3 is 2.67 bits per heavy atom. The van der Waals surface area contributed by atoms with E-state index >= 15 is 0 Å². The second kappa shape index (κ2) is 7.36. The molecule has 0 unspecified atom stereocenters. The molecule has 0 aromatic heterocycles. The molecule has 2 amide bonds. The number of amides is 2. The van der Waals surface area contributed by atoms with Crippen LogP contribution in [0.1, 0.15) is 46.5 Å². The zero-order valence-corrected chi connectivity index (χ0v) is 14.6. The molecular formula is C16H27N3O5. The van der Waals surface area contributed by atoms with E-state index in [1.165, 1.54) is 0 Å². The van der Waals surface area contributed by atoms with Crippen LogP contribution in [0, 0.1) is 22.0 Å². The van der Waals surface area contributed by atoms with E-state index in [-0.39, 0.29) is 16.9 Å². The first-order valence-electron chi connectivity index (χ1n) is 8.56. The highest BCUT2D eigenvalue weighted by Gasteiger charge is 2.53. The number of hydrogen-bond donors (Lipinski definition) is 1. The van der Waals surface area contributed by atoms with Crippen molar-refractivity contribution in [3.63, 3.8) is 0 Å². The van der Waals surface area contributed by atoms with Gasteiger partial charge in [-0.3, -0.25) is 14.9 Å². The van der Waals surface area contributed by atoms with Gasteiger partial charge in [-0.1, -0.05) is 0 Å². The van der Waals surface area contributed by atoms with Gasteiger partial charge in [-0.25, -0.2) is 4.79 Å². The summed E-state index contributed by atoms with van der Waals surface area (Å²) in [4.78, 5) is 35.8. The zero-order chi connectivity index (χ0) is 17.9. The summed E-state index contributed by atoms with van der Waals surface area (Å²) in [6.45, 7) is 7.36. The van der Waals surface area contributed by atoms with Gasteiger partial charge in [-0.15, -0.1) is 0 Å². The van der Waals surface area contributed by atoms with Gasteiger partial charge in [-0.2, -0.15) is 0 Å². The van der Waals surface area contributed by atoms with Crippen molar-refractivity contribution in [1.29, 1.82) is 0 Å². The summed E-state index contributed by atoms with van der Waals surface area (Å²) in [7, 11) is 0. The molecule has 136 valence electrons. The van der Waals surface area contributed by atoms with E-state index in [1.54, 1.807) is 4.90 Å². The van der Waals surface area contributed by atoms with Crippen LogP contribution in [0.15, 0.2) is 0 Å². The number of hydrogen-bond acceptors (Lipinski definition) is 5. The van der Waals surface area contributed by atoms with Crippen LogP contribution in [-0.2, 0) is 9.53 Å². The largest absolute Gasteiger partial charge is 0.444 e. The van der Waals surface area contributed by atoms with Crippen molar-refractivity contribution in [3.05, 3.63) is 10.1 Å². The summed E-state index contributed by atoms with van der Waals surface area (Å²) in [5.74, 6) is -0.377. The first kappa shape index (κ1) is 18.5. The van der Waals surface area contributed by atoms with Crippen molar-refractivity contribution < 1.29 is 19.2 Å². The molecule has 1 N–H and O–H groups in total. The molecule has 1 aliphatic carbocycles. The number of carbonyl (C=O) groups is 2. The Hall–Kier alpha value is -1.86. The highest BCUT2D eigenvalue weighted by molar-refractivity contribution is 5.81. The van der Waals surface area contributed by atoms with E-state index < -0.39 is 17.6 Å². The van der Waals surface area contributed by atoms with Crippen LogP contribution >= 0.6 is 0 Å². The zero-order valence-electron chi connectivity index (χ0n) is 14.6. The van der Waals surface area contributed by atoms with Gasteiger partial charge in [0.1, 0.15) is 11.5 Å². The van der Waals surface area contributed by atoms with Crippen molar-refractivity contribution in [2.24, 2.45) is 11.8 Å². The maximum absolute atomic E-state index is 12.1. The quantitative estimate of drug-likeness (QED) is 0.607. The van der Waals surface area contributed by atoms with Crippen molar-refractivity contribution in [1.82, 2.24) is 10.2 Å². The third-order valence-electron chi connectivity index (χ3n) is 4.39. The number of carbonyl (C=O) groups excluding carboxylic acids is 2. The number of nitrogens with zero attached hydrogens (tertiary/aromatic N) is 2. The lowest BCUT2D eigenvalue weighted by atomic mass is 9.95. The van der Waals surface area contributed by atoms with Gasteiger partial charge in [0.15, 0.2) is 0 Å². The summed E-state index contributed by atoms with van der Waals surface area (Å²) in [5, 5.41) is 13.4. The fraction of sp³-hybridized carbons (Fsp3) is 0.875. The Morgan fingerprint density at radius 1 is 1.38 bits per heavy atom. The van der Waals surface area contributed by atoms with Gasteiger partial charge in [0.25, 0.3) is 0 Å². The molecule has 24 heavy (non-hydrogen) atoms. The predicted octanol–water partition coefficient (Wildman–Crippen LogP) is 1.81. The lowest BCUT2D eigenvalue weighted by Gasteiger charge is -2.34. The smallest absolute Gasteiger partial charge is 0.410 e. The van der Waals surface area contributed by atoms with Crippen LogP contribution in [0.5, 0.6) is 0 Å². The molecular weight excluding hydrogens is 314 g/mol.